The van der Waals surface area contributed by atoms with Crippen LogP contribution in [0.2, 0.25) is 0 Å². The molecule has 0 aromatic carbocycles. The van der Waals surface area contributed by atoms with Gasteiger partial charge in [0, 0.05) is 24.8 Å². The lowest BCUT2D eigenvalue weighted by atomic mass is 10.1. The Balaban J connectivity index is 1.74. The van der Waals surface area contributed by atoms with E-state index in [2.05, 4.69) is 44.1 Å². The van der Waals surface area contributed by atoms with Crippen LogP contribution in [0.25, 0.3) is 0 Å². The number of anilines is 1. The highest BCUT2D eigenvalue weighted by Crippen LogP contribution is 2.56. The molecule has 4 heteroatoms. The summed E-state index contributed by atoms with van der Waals surface area (Å²) in [7, 11) is 0. The molecule has 4 heterocycles. The van der Waals surface area contributed by atoms with Crippen LogP contribution >= 0.6 is 0 Å². The molecule has 0 aliphatic carbocycles. The molecule has 0 unspecified atom stereocenters. The van der Waals surface area contributed by atoms with Gasteiger partial charge in [0.15, 0.2) is 0 Å². The van der Waals surface area contributed by atoms with E-state index in [-0.39, 0.29) is 6.04 Å². The normalized spacial score (nSPS) is 20.3. The third kappa shape index (κ3) is 2.14. The average molecular weight is 274 g/mol. The molecule has 3 aromatic heterocycles. The monoisotopic (exact) mass is 274 g/mol. The van der Waals surface area contributed by atoms with Crippen LogP contribution in [0.1, 0.15) is 23.3 Å². The van der Waals surface area contributed by atoms with Crippen molar-refractivity contribution in [1.29, 1.82) is 0 Å². The Morgan fingerprint density at radius 3 is 2.38 bits per heavy atom. The van der Waals surface area contributed by atoms with Gasteiger partial charge in [0.25, 0.3) is 0 Å². The Labute approximate surface area is 123 Å². The van der Waals surface area contributed by atoms with E-state index in [1.54, 1.807) is 6.20 Å². The molecule has 1 aliphatic heterocycles. The van der Waals surface area contributed by atoms with E-state index in [9.17, 15) is 0 Å². The number of nitrogens with zero attached hydrogens (tertiary/aromatic N) is 4. The standard InChI is InChI=1S/C17H14N4/c1-2-9-20-15(5-1)17-16(13-6-10-18-11-7-13)21(17)14-4-3-8-19-12-14/h1-12,16-17H/t16-,17+,21?/m1/s1. The molecule has 0 amide bonds. The van der Waals surface area contributed by atoms with Crippen LogP contribution in [0.4, 0.5) is 5.69 Å². The van der Waals surface area contributed by atoms with Crippen LogP contribution in [-0.4, -0.2) is 15.0 Å². The van der Waals surface area contributed by atoms with Crippen molar-refractivity contribution in [2.24, 2.45) is 0 Å². The molecule has 0 N–H and O–H groups in total. The highest BCUT2D eigenvalue weighted by atomic mass is 15.4. The van der Waals surface area contributed by atoms with Gasteiger partial charge in [0.05, 0.1) is 29.7 Å². The van der Waals surface area contributed by atoms with Gasteiger partial charge in [0.1, 0.15) is 0 Å². The second-order valence-electron chi connectivity index (χ2n) is 5.04. The smallest absolute Gasteiger partial charge is 0.0966 e. The van der Waals surface area contributed by atoms with Crippen LogP contribution in [0.15, 0.2) is 73.4 Å². The second kappa shape index (κ2) is 4.98. The lowest BCUT2D eigenvalue weighted by Gasteiger charge is -2.05. The molecule has 4 nitrogen and oxygen atoms in total. The Bertz CT molecular complexity index is 606. The van der Waals surface area contributed by atoms with Crippen molar-refractivity contribution >= 4 is 5.69 Å². The summed E-state index contributed by atoms with van der Waals surface area (Å²) in [6.07, 6.45) is 9.22. The van der Waals surface area contributed by atoms with Gasteiger partial charge in [-0.25, -0.2) is 0 Å². The zero-order chi connectivity index (χ0) is 14.1. The summed E-state index contributed by atoms with van der Waals surface area (Å²) in [5.41, 5.74) is 3.46. The van der Waals surface area contributed by atoms with Gasteiger partial charge in [-0.1, -0.05) is 6.07 Å². The summed E-state index contributed by atoms with van der Waals surface area (Å²) in [4.78, 5) is 15.2. The first kappa shape index (κ1) is 12.0. The molecule has 3 aromatic rings. The quantitative estimate of drug-likeness (QED) is 0.688. The van der Waals surface area contributed by atoms with Gasteiger partial charge < -0.3 is 4.90 Å². The van der Waals surface area contributed by atoms with Crippen molar-refractivity contribution in [3.05, 3.63) is 84.7 Å². The molecule has 0 spiro atoms. The van der Waals surface area contributed by atoms with Crippen molar-refractivity contribution in [3.63, 3.8) is 0 Å². The number of pyridine rings is 3. The SMILES string of the molecule is c1ccc([C@H]2[C@@H](c3ccncc3)N2c2cccnc2)nc1. The van der Waals surface area contributed by atoms with E-state index >= 15 is 0 Å². The Morgan fingerprint density at radius 2 is 1.67 bits per heavy atom. The van der Waals surface area contributed by atoms with Crippen molar-refractivity contribution < 1.29 is 0 Å². The predicted molar refractivity (Wildman–Crippen MR) is 80.7 cm³/mol. The molecule has 1 fully saturated rings. The molecule has 1 saturated heterocycles. The van der Waals surface area contributed by atoms with Crippen molar-refractivity contribution in [1.82, 2.24) is 15.0 Å². The minimum absolute atomic E-state index is 0.262. The number of rotatable bonds is 3. The largest absolute Gasteiger partial charge is 0.350 e. The molecule has 102 valence electrons. The van der Waals surface area contributed by atoms with Crippen LogP contribution in [0.5, 0.6) is 0 Å². The van der Waals surface area contributed by atoms with Crippen molar-refractivity contribution in [2.75, 3.05) is 4.90 Å². The molecular formula is C17H14N4. The van der Waals surface area contributed by atoms with E-state index in [0.717, 1.165) is 11.4 Å². The first-order valence-electron chi connectivity index (χ1n) is 6.94. The zero-order valence-corrected chi connectivity index (χ0v) is 11.4. The summed E-state index contributed by atoms with van der Waals surface area (Å²) in [5, 5.41) is 0. The lowest BCUT2D eigenvalue weighted by Crippen LogP contribution is -1.96. The molecule has 1 aliphatic rings. The van der Waals surface area contributed by atoms with Crippen LogP contribution in [0.3, 0.4) is 0 Å². The molecule has 0 saturated carbocycles. The van der Waals surface area contributed by atoms with Crippen LogP contribution in [-0.2, 0) is 0 Å². The third-order valence-electron chi connectivity index (χ3n) is 3.79. The number of hydrogen-bond acceptors (Lipinski definition) is 4. The van der Waals surface area contributed by atoms with E-state index in [4.69, 9.17) is 0 Å². The fraction of sp³-hybridized carbons (Fsp3) is 0.118. The second-order valence-corrected chi connectivity index (χ2v) is 5.04. The van der Waals surface area contributed by atoms with E-state index in [1.807, 2.05) is 43.0 Å². The topological polar surface area (TPSA) is 41.7 Å². The minimum Gasteiger partial charge on any atom is -0.350 e. The fourth-order valence-electron chi connectivity index (χ4n) is 2.82. The van der Waals surface area contributed by atoms with Gasteiger partial charge in [-0.3, -0.25) is 15.0 Å². The average Bonchev–Trinajstić information content (AvgIpc) is 3.33. The maximum Gasteiger partial charge on any atom is 0.0966 e. The third-order valence-corrected chi connectivity index (χ3v) is 3.79. The molecular weight excluding hydrogens is 260 g/mol. The fourth-order valence-corrected chi connectivity index (χ4v) is 2.82. The summed E-state index contributed by atoms with van der Waals surface area (Å²) in [6.45, 7) is 0. The zero-order valence-electron chi connectivity index (χ0n) is 11.4. The molecule has 21 heavy (non-hydrogen) atoms. The summed E-state index contributed by atoms with van der Waals surface area (Å²) < 4.78 is 0. The molecule has 0 radical (unpaired) electrons. The van der Waals surface area contributed by atoms with E-state index in [1.165, 1.54) is 5.56 Å². The van der Waals surface area contributed by atoms with Gasteiger partial charge in [0.2, 0.25) is 0 Å². The predicted octanol–water partition coefficient (Wildman–Crippen LogP) is 3.17. The molecule has 2 atom stereocenters. The minimum atomic E-state index is 0.262. The first-order valence-corrected chi connectivity index (χ1v) is 6.94. The Kier molecular flexibility index (Phi) is 2.85. The lowest BCUT2D eigenvalue weighted by molar-refractivity contribution is 0.963. The molecule has 4 rings (SSSR count). The Morgan fingerprint density at radius 1 is 0.762 bits per heavy atom. The van der Waals surface area contributed by atoms with Gasteiger partial charge in [-0.15, -0.1) is 0 Å². The van der Waals surface area contributed by atoms with Gasteiger partial charge >= 0.3 is 0 Å². The highest BCUT2D eigenvalue weighted by Gasteiger charge is 2.50. The van der Waals surface area contributed by atoms with Crippen molar-refractivity contribution in [3.8, 4) is 0 Å². The van der Waals surface area contributed by atoms with Crippen LogP contribution in [0, 0.1) is 0 Å². The van der Waals surface area contributed by atoms with Gasteiger partial charge in [-0.2, -0.15) is 0 Å². The van der Waals surface area contributed by atoms with E-state index in [0.29, 0.717) is 6.04 Å². The van der Waals surface area contributed by atoms with Crippen LogP contribution < -0.4 is 4.90 Å². The van der Waals surface area contributed by atoms with E-state index < -0.39 is 0 Å². The van der Waals surface area contributed by atoms with Crippen molar-refractivity contribution in [2.45, 2.75) is 12.1 Å². The summed E-state index contributed by atoms with van der Waals surface area (Å²) >= 11 is 0. The van der Waals surface area contributed by atoms with Gasteiger partial charge in [-0.05, 0) is 42.0 Å². The summed E-state index contributed by atoms with van der Waals surface area (Å²) in [6, 6.07) is 14.8. The number of aromatic nitrogens is 3. The summed E-state index contributed by atoms with van der Waals surface area (Å²) in [5.74, 6) is 0. The maximum atomic E-state index is 4.51. The number of hydrogen-bond donors (Lipinski definition) is 0. The first-order chi connectivity index (χ1) is 10.4. The highest BCUT2D eigenvalue weighted by molar-refractivity contribution is 5.59. The molecule has 0 bridgehead atoms. The Hall–Kier alpha value is -2.75. The maximum absolute atomic E-state index is 4.51.